The molecule has 1 fully saturated rings. The summed E-state index contributed by atoms with van der Waals surface area (Å²) >= 11 is 0. The van der Waals surface area contributed by atoms with E-state index in [1.165, 1.54) is 19.3 Å². The van der Waals surface area contributed by atoms with Gasteiger partial charge in [-0.3, -0.25) is 0 Å². The summed E-state index contributed by atoms with van der Waals surface area (Å²) in [5.41, 5.74) is 1.63. The Morgan fingerprint density at radius 2 is 1.41 bits per heavy atom. The lowest BCUT2D eigenvalue weighted by Crippen LogP contribution is -2.37. The molecule has 1 saturated heterocycles. The molecule has 4 rings (SSSR count). The first-order valence-corrected chi connectivity index (χ1v) is 11.3. The highest BCUT2D eigenvalue weighted by atomic mass is 19.2. The van der Waals surface area contributed by atoms with Crippen molar-refractivity contribution in [3.8, 4) is 0 Å². The zero-order chi connectivity index (χ0) is 24.2. The van der Waals surface area contributed by atoms with E-state index in [2.05, 4.69) is 6.58 Å². The first kappa shape index (κ1) is 24.5. The number of methoxy groups -OCH3 is 1. The molecule has 1 aromatic carbocycles. The Balaban J connectivity index is 1.48. The van der Waals surface area contributed by atoms with Crippen LogP contribution < -0.4 is 0 Å². The molecule has 1 heterocycles. The van der Waals surface area contributed by atoms with Gasteiger partial charge in [-0.15, -0.1) is 6.58 Å². The second kappa shape index (κ2) is 10.7. The molecular formula is C27H28F4O3. The fourth-order valence-corrected chi connectivity index (χ4v) is 4.42. The maximum atomic E-state index is 15.1. The van der Waals surface area contributed by atoms with Crippen molar-refractivity contribution < 1.29 is 31.8 Å². The Hall–Kier alpha value is -2.64. The Kier molecular flexibility index (Phi) is 7.73. The van der Waals surface area contributed by atoms with Gasteiger partial charge in [-0.25, -0.2) is 17.6 Å². The first-order chi connectivity index (χ1) is 16.4. The highest BCUT2D eigenvalue weighted by molar-refractivity contribution is 5.77. The Bertz CT molecular complexity index is 1000. The summed E-state index contributed by atoms with van der Waals surface area (Å²) in [5, 5.41) is 0. The number of allylic oxidation sites excluding steroid dienone is 8. The molecule has 182 valence electrons. The molecule has 4 atom stereocenters. The number of halogens is 4. The predicted octanol–water partition coefficient (Wildman–Crippen LogP) is 6.25. The van der Waals surface area contributed by atoms with Crippen LogP contribution in [0, 0.1) is 5.92 Å². The van der Waals surface area contributed by atoms with Crippen molar-refractivity contribution in [2.45, 2.75) is 43.8 Å². The van der Waals surface area contributed by atoms with Gasteiger partial charge in [-0.2, -0.15) is 0 Å². The first-order valence-electron chi connectivity index (χ1n) is 11.3. The van der Waals surface area contributed by atoms with E-state index in [-0.39, 0.29) is 42.3 Å². The normalized spacial score (nSPS) is 31.7. The van der Waals surface area contributed by atoms with Crippen molar-refractivity contribution in [1.82, 2.24) is 0 Å². The maximum Gasteiger partial charge on any atom is 0.192 e. The Labute approximate surface area is 197 Å². The van der Waals surface area contributed by atoms with Crippen LogP contribution >= 0.6 is 0 Å². The van der Waals surface area contributed by atoms with Crippen molar-refractivity contribution in [3.05, 3.63) is 83.7 Å². The van der Waals surface area contributed by atoms with E-state index in [9.17, 15) is 8.78 Å². The zero-order valence-corrected chi connectivity index (χ0v) is 18.9. The number of alkyl halides is 4. The monoisotopic (exact) mass is 476 g/mol. The molecule has 0 N–H and O–H groups in total. The number of ether oxygens (including phenoxy) is 3. The fourth-order valence-electron chi connectivity index (χ4n) is 4.42. The lowest BCUT2D eigenvalue weighted by Gasteiger charge is -2.34. The van der Waals surface area contributed by atoms with Gasteiger partial charge >= 0.3 is 0 Å². The maximum absolute atomic E-state index is 15.1. The molecule has 4 unspecified atom stereocenters. The molecule has 0 amide bonds. The minimum Gasteiger partial charge on any atom is -0.498 e. The highest BCUT2D eigenvalue weighted by Crippen LogP contribution is 2.38. The second-order valence-corrected chi connectivity index (χ2v) is 8.53. The van der Waals surface area contributed by atoms with E-state index in [0.29, 0.717) is 23.1 Å². The minimum absolute atomic E-state index is 0.0712. The van der Waals surface area contributed by atoms with Crippen LogP contribution in [0.5, 0.6) is 0 Å². The summed E-state index contributed by atoms with van der Waals surface area (Å²) in [6.45, 7) is 4.21. The zero-order valence-electron chi connectivity index (χ0n) is 18.9. The summed E-state index contributed by atoms with van der Waals surface area (Å²) < 4.78 is 75.0. The molecule has 0 bridgehead atoms. The molecule has 7 heteroatoms. The number of hydrogen-bond acceptors (Lipinski definition) is 3. The van der Waals surface area contributed by atoms with Crippen molar-refractivity contribution >= 4 is 11.1 Å². The van der Waals surface area contributed by atoms with Gasteiger partial charge in [0.1, 0.15) is 5.76 Å². The molecule has 0 saturated carbocycles. The quantitative estimate of drug-likeness (QED) is 0.344. The summed E-state index contributed by atoms with van der Waals surface area (Å²) in [4.78, 5) is 0. The Morgan fingerprint density at radius 3 is 1.97 bits per heavy atom. The molecule has 3 nitrogen and oxygen atoms in total. The van der Waals surface area contributed by atoms with Crippen LogP contribution in [0.25, 0.3) is 11.1 Å². The van der Waals surface area contributed by atoms with Crippen LogP contribution in [-0.4, -0.2) is 51.3 Å². The highest BCUT2D eigenvalue weighted by Gasteiger charge is 2.37. The van der Waals surface area contributed by atoms with Gasteiger partial charge in [0, 0.05) is 12.3 Å². The Morgan fingerprint density at radius 1 is 0.853 bits per heavy atom. The third kappa shape index (κ3) is 4.91. The van der Waals surface area contributed by atoms with E-state index in [1.807, 2.05) is 0 Å². The molecule has 2 aliphatic carbocycles. The van der Waals surface area contributed by atoms with E-state index in [1.54, 1.807) is 42.5 Å². The molecule has 1 aliphatic heterocycles. The van der Waals surface area contributed by atoms with Crippen LogP contribution in [-0.2, 0) is 14.2 Å². The average molecular weight is 477 g/mol. The second-order valence-electron chi connectivity index (χ2n) is 8.53. The van der Waals surface area contributed by atoms with Gasteiger partial charge in [0.25, 0.3) is 0 Å². The largest absolute Gasteiger partial charge is 0.498 e. The molecule has 3 aliphatic rings. The summed E-state index contributed by atoms with van der Waals surface area (Å²) in [5.74, 6) is -0.426. The summed E-state index contributed by atoms with van der Waals surface area (Å²) in [6, 6.07) is 6.34. The third-order valence-corrected chi connectivity index (χ3v) is 6.41. The molecule has 0 aromatic heterocycles. The van der Waals surface area contributed by atoms with Gasteiger partial charge in [0.2, 0.25) is 0 Å². The molecular weight excluding hydrogens is 448 g/mol. The molecule has 34 heavy (non-hydrogen) atoms. The van der Waals surface area contributed by atoms with Crippen molar-refractivity contribution in [2.24, 2.45) is 5.92 Å². The van der Waals surface area contributed by atoms with E-state index in [4.69, 9.17) is 14.2 Å². The topological polar surface area (TPSA) is 27.7 Å². The van der Waals surface area contributed by atoms with Crippen molar-refractivity contribution in [2.75, 3.05) is 20.3 Å². The van der Waals surface area contributed by atoms with Gasteiger partial charge in [0.15, 0.2) is 31.0 Å². The van der Waals surface area contributed by atoms with Gasteiger partial charge in [0.05, 0.1) is 20.3 Å². The van der Waals surface area contributed by atoms with Gasteiger partial charge < -0.3 is 14.2 Å². The predicted molar refractivity (Wildman–Crippen MR) is 124 cm³/mol. The minimum atomic E-state index is -1.89. The smallest absolute Gasteiger partial charge is 0.192 e. The third-order valence-electron chi connectivity index (χ3n) is 6.41. The lowest BCUT2D eigenvalue weighted by molar-refractivity contribution is -0.197. The molecule has 0 spiro atoms. The number of rotatable bonds is 7. The summed E-state index contributed by atoms with van der Waals surface area (Å²) in [6.07, 6.45) is 1.45. The van der Waals surface area contributed by atoms with Crippen LogP contribution in [0.4, 0.5) is 17.6 Å². The van der Waals surface area contributed by atoms with Crippen molar-refractivity contribution in [3.63, 3.8) is 0 Å². The lowest BCUT2D eigenvalue weighted by atomic mass is 9.84. The van der Waals surface area contributed by atoms with Gasteiger partial charge in [-0.1, -0.05) is 48.6 Å². The van der Waals surface area contributed by atoms with Crippen LogP contribution in [0.3, 0.4) is 0 Å². The standard InChI is InChI=1S/C27H28F4O3/c1-3-4-5-23-33-14-18(15-34-23)21-11-10-19(24(28)25(21)29)16-6-8-17(9-7-16)20-12-13-22(32-2)27(31)26(20)30/h3,6-13,18,23-27H,1,4-5,14-15H2,2H3. The SMILES string of the molecule is C=CCCC1OCC(C2=CC=C(c3ccc(C4=CC=C(OC)C(F)C4F)cc3)C(F)C2F)CO1. The van der Waals surface area contributed by atoms with Crippen molar-refractivity contribution in [1.29, 1.82) is 0 Å². The van der Waals surface area contributed by atoms with E-state index < -0.39 is 24.7 Å². The van der Waals surface area contributed by atoms with E-state index >= 15 is 8.78 Å². The van der Waals surface area contributed by atoms with Crippen LogP contribution in [0.2, 0.25) is 0 Å². The number of benzene rings is 1. The average Bonchev–Trinajstić information content (AvgIpc) is 2.87. The number of hydrogen-bond donors (Lipinski definition) is 0. The summed E-state index contributed by atoms with van der Waals surface area (Å²) in [7, 11) is 1.29. The molecule has 1 aromatic rings. The van der Waals surface area contributed by atoms with E-state index in [0.717, 1.165) is 6.42 Å². The van der Waals surface area contributed by atoms with Gasteiger partial charge in [-0.05, 0) is 40.3 Å². The van der Waals surface area contributed by atoms with Crippen LogP contribution in [0.1, 0.15) is 24.0 Å². The molecule has 0 radical (unpaired) electrons. The van der Waals surface area contributed by atoms with Crippen LogP contribution in [0.15, 0.2) is 72.6 Å². The fraction of sp³-hybridized carbons (Fsp3) is 0.407.